The number of benzene rings is 2. The highest BCUT2D eigenvalue weighted by Crippen LogP contribution is 2.23. The van der Waals surface area contributed by atoms with Crippen LogP contribution in [0.25, 0.3) is 0 Å². The predicted octanol–water partition coefficient (Wildman–Crippen LogP) is 4.66. The van der Waals surface area contributed by atoms with Crippen molar-refractivity contribution in [2.45, 2.75) is 6.92 Å². The zero-order valence-electron chi connectivity index (χ0n) is 9.71. The van der Waals surface area contributed by atoms with Crippen LogP contribution in [0.3, 0.4) is 0 Å². The second-order valence-corrected chi connectivity index (χ2v) is 5.16. The molecule has 0 heterocycles. The highest BCUT2D eigenvalue weighted by Gasteiger charge is 2.09. The van der Waals surface area contributed by atoms with Crippen LogP contribution in [0, 0.1) is 6.92 Å². The molecule has 0 atom stereocenters. The largest absolute Gasteiger partial charge is 0.321 e. The van der Waals surface area contributed by atoms with Crippen molar-refractivity contribution in [3.63, 3.8) is 0 Å². The molecule has 0 bridgehead atoms. The molecule has 0 radical (unpaired) electrons. The third-order valence-corrected chi connectivity index (χ3v) is 3.65. The highest BCUT2D eigenvalue weighted by atomic mass is 79.9. The molecule has 4 heteroatoms. The molecular formula is C14H11BrClNO. The summed E-state index contributed by atoms with van der Waals surface area (Å²) in [6, 6.07) is 12.7. The smallest absolute Gasteiger partial charge is 0.255 e. The molecule has 1 N–H and O–H groups in total. The number of aryl methyl sites for hydroxylation is 1. The maximum atomic E-state index is 12.0. The lowest BCUT2D eigenvalue weighted by Crippen LogP contribution is -2.12. The lowest BCUT2D eigenvalue weighted by Gasteiger charge is -2.08. The number of carbonyl (C=O) groups excluding carboxylic acids is 1. The van der Waals surface area contributed by atoms with E-state index in [9.17, 15) is 4.79 Å². The molecule has 1 amide bonds. The highest BCUT2D eigenvalue weighted by molar-refractivity contribution is 9.10. The summed E-state index contributed by atoms with van der Waals surface area (Å²) in [7, 11) is 0. The zero-order valence-corrected chi connectivity index (χ0v) is 12.0. The molecule has 0 aliphatic rings. The van der Waals surface area contributed by atoms with Crippen LogP contribution < -0.4 is 5.32 Å². The first-order valence-corrected chi connectivity index (χ1v) is 6.57. The van der Waals surface area contributed by atoms with Gasteiger partial charge in [-0.05, 0) is 52.7 Å². The maximum Gasteiger partial charge on any atom is 0.255 e. The summed E-state index contributed by atoms with van der Waals surface area (Å²) in [5, 5.41) is 3.42. The van der Waals surface area contributed by atoms with Gasteiger partial charge in [-0.25, -0.2) is 0 Å². The van der Waals surface area contributed by atoms with Crippen LogP contribution in [-0.4, -0.2) is 5.91 Å². The minimum Gasteiger partial charge on any atom is -0.321 e. The fourth-order valence-electron chi connectivity index (χ4n) is 1.49. The monoisotopic (exact) mass is 323 g/mol. The number of anilines is 1. The SMILES string of the molecule is Cc1ccc(C(=O)Nc2ccccc2Br)cc1Cl. The van der Waals surface area contributed by atoms with Gasteiger partial charge in [0, 0.05) is 15.1 Å². The second kappa shape index (κ2) is 5.55. The van der Waals surface area contributed by atoms with Crippen LogP contribution in [0.4, 0.5) is 5.69 Å². The van der Waals surface area contributed by atoms with Gasteiger partial charge in [-0.1, -0.05) is 29.8 Å². The summed E-state index contributed by atoms with van der Waals surface area (Å²) >= 11 is 9.39. The lowest BCUT2D eigenvalue weighted by atomic mass is 10.1. The van der Waals surface area contributed by atoms with Gasteiger partial charge in [-0.2, -0.15) is 0 Å². The Labute approximate surface area is 119 Å². The van der Waals surface area contributed by atoms with E-state index in [-0.39, 0.29) is 5.91 Å². The van der Waals surface area contributed by atoms with Gasteiger partial charge < -0.3 is 5.32 Å². The van der Waals surface area contributed by atoms with Crippen molar-refractivity contribution in [3.05, 3.63) is 63.1 Å². The molecule has 2 aromatic carbocycles. The van der Waals surface area contributed by atoms with Gasteiger partial charge in [0.05, 0.1) is 5.69 Å². The molecule has 0 fully saturated rings. The Kier molecular flexibility index (Phi) is 4.04. The van der Waals surface area contributed by atoms with Crippen LogP contribution in [0.15, 0.2) is 46.9 Å². The quantitative estimate of drug-likeness (QED) is 0.855. The van der Waals surface area contributed by atoms with Gasteiger partial charge in [0.25, 0.3) is 5.91 Å². The van der Waals surface area contributed by atoms with E-state index in [1.807, 2.05) is 37.3 Å². The molecular weight excluding hydrogens is 314 g/mol. The number of hydrogen-bond acceptors (Lipinski definition) is 1. The average Bonchev–Trinajstić information content (AvgIpc) is 2.35. The molecule has 2 aromatic rings. The van der Waals surface area contributed by atoms with Crippen LogP contribution in [-0.2, 0) is 0 Å². The number of carbonyl (C=O) groups is 1. The minimum absolute atomic E-state index is 0.177. The maximum absolute atomic E-state index is 12.0. The molecule has 18 heavy (non-hydrogen) atoms. The molecule has 0 aliphatic heterocycles. The van der Waals surface area contributed by atoms with Crippen LogP contribution in [0.1, 0.15) is 15.9 Å². The first-order chi connectivity index (χ1) is 8.58. The number of halogens is 2. The number of amides is 1. The van der Waals surface area contributed by atoms with E-state index in [4.69, 9.17) is 11.6 Å². The second-order valence-electron chi connectivity index (χ2n) is 3.90. The Bertz CT molecular complexity index is 598. The summed E-state index contributed by atoms with van der Waals surface area (Å²) < 4.78 is 0.844. The third-order valence-electron chi connectivity index (χ3n) is 2.56. The fourth-order valence-corrected chi connectivity index (χ4v) is 2.06. The molecule has 0 unspecified atom stereocenters. The van der Waals surface area contributed by atoms with Crippen molar-refractivity contribution in [1.82, 2.24) is 0 Å². The summed E-state index contributed by atoms with van der Waals surface area (Å²) in [4.78, 5) is 12.0. The standard InChI is InChI=1S/C14H11BrClNO/c1-9-6-7-10(8-12(9)16)14(18)17-13-5-3-2-4-11(13)15/h2-8H,1H3,(H,17,18). The zero-order chi connectivity index (χ0) is 13.1. The Morgan fingerprint density at radius 1 is 1.22 bits per heavy atom. The first kappa shape index (κ1) is 13.1. The first-order valence-electron chi connectivity index (χ1n) is 5.40. The molecule has 2 nitrogen and oxygen atoms in total. The molecule has 0 spiro atoms. The summed E-state index contributed by atoms with van der Waals surface area (Å²) in [6.07, 6.45) is 0. The lowest BCUT2D eigenvalue weighted by molar-refractivity contribution is 0.102. The Morgan fingerprint density at radius 2 is 1.94 bits per heavy atom. The van der Waals surface area contributed by atoms with Gasteiger partial charge >= 0.3 is 0 Å². The van der Waals surface area contributed by atoms with Gasteiger partial charge in [0.1, 0.15) is 0 Å². The van der Waals surface area contributed by atoms with Crippen molar-refractivity contribution >= 4 is 39.1 Å². The summed E-state index contributed by atoms with van der Waals surface area (Å²) in [5.74, 6) is -0.177. The van der Waals surface area contributed by atoms with E-state index >= 15 is 0 Å². The average molecular weight is 325 g/mol. The normalized spacial score (nSPS) is 10.2. The fraction of sp³-hybridized carbons (Fsp3) is 0.0714. The van der Waals surface area contributed by atoms with E-state index in [1.165, 1.54) is 0 Å². The molecule has 0 aromatic heterocycles. The number of hydrogen-bond donors (Lipinski definition) is 1. The van der Waals surface area contributed by atoms with Crippen molar-refractivity contribution in [1.29, 1.82) is 0 Å². The minimum atomic E-state index is -0.177. The Hall–Kier alpha value is -1.32. The van der Waals surface area contributed by atoms with Gasteiger partial charge in [0.15, 0.2) is 0 Å². The predicted molar refractivity (Wildman–Crippen MR) is 78.3 cm³/mol. The van der Waals surface area contributed by atoms with Crippen molar-refractivity contribution in [3.8, 4) is 0 Å². The van der Waals surface area contributed by atoms with Crippen molar-refractivity contribution < 1.29 is 4.79 Å². The Morgan fingerprint density at radius 3 is 2.61 bits per heavy atom. The van der Waals surface area contributed by atoms with Gasteiger partial charge in [-0.15, -0.1) is 0 Å². The van der Waals surface area contributed by atoms with E-state index < -0.39 is 0 Å². The summed E-state index contributed by atoms with van der Waals surface area (Å²) in [5.41, 5.74) is 2.23. The van der Waals surface area contributed by atoms with E-state index in [0.29, 0.717) is 10.6 Å². The Balaban J connectivity index is 2.22. The van der Waals surface area contributed by atoms with Crippen LogP contribution in [0.5, 0.6) is 0 Å². The third kappa shape index (κ3) is 2.92. The van der Waals surface area contributed by atoms with Crippen molar-refractivity contribution in [2.75, 3.05) is 5.32 Å². The topological polar surface area (TPSA) is 29.1 Å². The number of nitrogens with one attached hydrogen (secondary N) is 1. The number of para-hydroxylation sites is 1. The summed E-state index contributed by atoms with van der Waals surface area (Å²) in [6.45, 7) is 1.90. The molecule has 0 saturated heterocycles. The van der Waals surface area contributed by atoms with Gasteiger partial charge in [-0.3, -0.25) is 4.79 Å². The van der Waals surface area contributed by atoms with Gasteiger partial charge in [0.2, 0.25) is 0 Å². The molecule has 0 aliphatic carbocycles. The van der Waals surface area contributed by atoms with Crippen molar-refractivity contribution in [2.24, 2.45) is 0 Å². The van der Waals surface area contributed by atoms with Crippen LogP contribution in [0.2, 0.25) is 5.02 Å². The van der Waals surface area contributed by atoms with Crippen LogP contribution >= 0.6 is 27.5 Å². The van der Waals surface area contributed by atoms with E-state index in [1.54, 1.807) is 12.1 Å². The number of rotatable bonds is 2. The molecule has 0 saturated carbocycles. The van der Waals surface area contributed by atoms with E-state index in [2.05, 4.69) is 21.2 Å². The molecule has 92 valence electrons. The molecule has 2 rings (SSSR count). The van der Waals surface area contributed by atoms with E-state index in [0.717, 1.165) is 15.7 Å².